The van der Waals surface area contributed by atoms with Crippen LogP contribution in [-0.2, 0) is 9.16 Å². The topological polar surface area (TPSA) is 129 Å². The molecule has 0 aliphatic carbocycles. The fourth-order valence-electron chi connectivity index (χ4n) is 3.25. The van der Waals surface area contributed by atoms with Crippen LogP contribution in [0.1, 0.15) is 59.0 Å². The molecule has 0 amide bonds. The molecule has 0 radical (unpaired) electrons. The lowest BCUT2D eigenvalue weighted by Gasteiger charge is -2.37. The van der Waals surface area contributed by atoms with E-state index in [1.54, 1.807) is 4.57 Å². The molecule has 1 aliphatic rings. The second-order valence-electron chi connectivity index (χ2n) is 9.76. The fraction of sp³-hybridized carbons (Fsp3) is 0.682. The number of aliphatic hydroxyl groups is 2. The van der Waals surface area contributed by atoms with Gasteiger partial charge in [-0.2, -0.15) is 0 Å². The number of aromatic nitrogens is 4. The molecule has 3 rings (SSSR count). The van der Waals surface area contributed by atoms with Gasteiger partial charge < -0.3 is 25.1 Å². The Balaban J connectivity index is 1.92. The van der Waals surface area contributed by atoms with Crippen molar-refractivity contribution in [3.63, 3.8) is 0 Å². The highest BCUT2D eigenvalue weighted by Gasteiger charge is 2.47. The molecule has 4 N–H and O–H groups in total. The van der Waals surface area contributed by atoms with Gasteiger partial charge in [0.2, 0.25) is 0 Å². The van der Waals surface area contributed by atoms with Gasteiger partial charge in [-0.1, -0.05) is 40.0 Å². The third-order valence-corrected chi connectivity index (χ3v) is 10.9. The molecule has 0 aromatic carbocycles. The maximum absolute atomic E-state index is 10.9. The summed E-state index contributed by atoms with van der Waals surface area (Å²) in [6.07, 6.45) is 0.129. The van der Waals surface area contributed by atoms with Crippen LogP contribution in [0.15, 0.2) is 6.33 Å². The molecule has 10 heteroatoms. The van der Waals surface area contributed by atoms with Crippen LogP contribution in [-0.4, -0.2) is 63.0 Å². The molecular formula is C22H35N5O4Si. The van der Waals surface area contributed by atoms with Crippen molar-refractivity contribution in [2.75, 3.05) is 12.3 Å². The van der Waals surface area contributed by atoms with Crippen molar-refractivity contribution in [1.82, 2.24) is 19.5 Å². The highest BCUT2D eigenvalue weighted by atomic mass is 28.4. The lowest BCUT2D eigenvalue weighted by atomic mass is 10.1. The van der Waals surface area contributed by atoms with Gasteiger partial charge in [-0.25, -0.2) is 15.0 Å². The number of hydrogen-bond donors (Lipinski definition) is 3. The Bertz CT molecular complexity index is 1010. The van der Waals surface area contributed by atoms with Gasteiger partial charge >= 0.3 is 0 Å². The van der Waals surface area contributed by atoms with Crippen LogP contribution in [0.5, 0.6) is 0 Å². The highest BCUT2D eigenvalue weighted by molar-refractivity contribution is 6.74. The Morgan fingerprint density at radius 1 is 1.25 bits per heavy atom. The van der Waals surface area contributed by atoms with Crippen molar-refractivity contribution in [2.45, 2.75) is 89.6 Å². The summed E-state index contributed by atoms with van der Waals surface area (Å²) >= 11 is 0. The summed E-state index contributed by atoms with van der Waals surface area (Å²) in [7, 11) is -2.05. The summed E-state index contributed by atoms with van der Waals surface area (Å²) in [4.78, 5) is 12.8. The van der Waals surface area contributed by atoms with Crippen LogP contribution in [0.2, 0.25) is 18.1 Å². The van der Waals surface area contributed by atoms with E-state index in [0.29, 0.717) is 17.0 Å². The van der Waals surface area contributed by atoms with Crippen LogP contribution in [0.25, 0.3) is 11.2 Å². The fourth-order valence-corrected chi connectivity index (χ4v) is 4.26. The van der Waals surface area contributed by atoms with Gasteiger partial charge in [-0.3, -0.25) is 4.57 Å². The normalized spacial score (nSPS) is 24.0. The van der Waals surface area contributed by atoms with E-state index in [2.05, 4.69) is 67.6 Å². The van der Waals surface area contributed by atoms with Gasteiger partial charge in [0.25, 0.3) is 0 Å². The Hall–Kier alpha value is -2.03. The van der Waals surface area contributed by atoms with E-state index < -0.39 is 32.9 Å². The molecule has 0 saturated carbocycles. The maximum atomic E-state index is 10.9. The van der Waals surface area contributed by atoms with Crippen LogP contribution < -0.4 is 5.73 Å². The zero-order valence-electron chi connectivity index (χ0n) is 19.8. The van der Waals surface area contributed by atoms with E-state index in [1.165, 1.54) is 6.33 Å². The van der Waals surface area contributed by atoms with E-state index in [1.807, 2.05) is 0 Å². The predicted molar refractivity (Wildman–Crippen MR) is 125 cm³/mol. The molecule has 9 nitrogen and oxygen atoms in total. The zero-order chi connectivity index (χ0) is 23.7. The highest BCUT2D eigenvalue weighted by Crippen LogP contribution is 2.38. The van der Waals surface area contributed by atoms with Crippen LogP contribution in [0, 0.1) is 11.8 Å². The van der Waals surface area contributed by atoms with E-state index in [4.69, 9.17) is 14.9 Å². The molecule has 2 aromatic rings. The number of fused-ring (bicyclic) bond motifs is 1. The van der Waals surface area contributed by atoms with E-state index in [9.17, 15) is 10.2 Å². The smallest absolute Gasteiger partial charge is 0.192 e. The first kappa shape index (κ1) is 24.6. The number of unbranched alkanes of at least 4 members (excludes halogenated alkanes) is 2. The van der Waals surface area contributed by atoms with Gasteiger partial charge in [0.15, 0.2) is 37.4 Å². The molecule has 3 heterocycles. The van der Waals surface area contributed by atoms with Crippen LogP contribution >= 0.6 is 0 Å². The second-order valence-corrected chi connectivity index (χ2v) is 14.6. The van der Waals surface area contributed by atoms with E-state index >= 15 is 0 Å². The Morgan fingerprint density at radius 3 is 2.62 bits per heavy atom. The number of aliphatic hydroxyl groups excluding tert-OH is 2. The molecule has 0 spiro atoms. The van der Waals surface area contributed by atoms with Crippen molar-refractivity contribution >= 4 is 25.3 Å². The molecule has 1 aliphatic heterocycles. The van der Waals surface area contributed by atoms with Gasteiger partial charge in [0, 0.05) is 6.42 Å². The van der Waals surface area contributed by atoms with Gasteiger partial charge in [-0.05, 0) is 30.5 Å². The lowest BCUT2D eigenvalue weighted by Crippen LogP contribution is -2.44. The van der Waals surface area contributed by atoms with Crippen molar-refractivity contribution in [2.24, 2.45) is 0 Å². The molecule has 1 saturated heterocycles. The van der Waals surface area contributed by atoms with E-state index in [0.717, 1.165) is 19.3 Å². The molecule has 32 heavy (non-hydrogen) atoms. The Labute approximate surface area is 190 Å². The Kier molecular flexibility index (Phi) is 7.27. The molecule has 2 unspecified atom stereocenters. The minimum atomic E-state index is -2.05. The SMILES string of the molecule is CCCCC#Cc1nc2c(N)ncnc2n1[C@@H]1O[C@H](CO[Si](C)(C)C(C)(C)C)C(O)C1O. The summed E-state index contributed by atoms with van der Waals surface area (Å²) in [6.45, 7) is 13.0. The van der Waals surface area contributed by atoms with Gasteiger partial charge in [0.1, 0.15) is 24.6 Å². The number of nitrogens with zero attached hydrogens (tertiary/aromatic N) is 4. The van der Waals surface area contributed by atoms with Crippen LogP contribution in [0.4, 0.5) is 5.82 Å². The first-order chi connectivity index (χ1) is 15.0. The molecule has 176 valence electrons. The monoisotopic (exact) mass is 461 g/mol. The zero-order valence-corrected chi connectivity index (χ0v) is 20.8. The predicted octanol–water partition coefficient (Wildman–Crippen LogP) is 2.59. The van der Waals surface area contributed by atoms with Crippen molar-refractivity contribution in [3.8, 4) is 11.8 Å². The standard InChI is InChI=1S/C22H35N5O4Si/c1-7-8-9-10-11-15-26-16-19(23)24-13-25-20(16)27(15)21-18(29)17(28)14(31-21)12-30-32(5,6)22(2,3)4/h13-14,17-18,21,28-29H,7-9,12H2,1-6H3,(H2,23,24,25)/t14-,17?,18?,21-/m1/s1. The van der Waals surface area contributed by atoms with Crippen molar-refractivity contribution < 1.29 is 19.4 Å². The minimum Gasteiger partial charge on any atom is -0.414 e. The van der Waals surface area contributed by atoms with Gasteiger partial charge in [-0.15, -0.1) is 0 Å². The largest absolute Gasteiger partial charge is 0.414 e. The summed E-state index contributed by atoms with van der Waals surface area (Å²) in [5.74, 6) is 6.74. The number of ether oxygens (including phenoxy) is 1. The average Bonchev–Trinajstić information content (AvgIpc) is 3.21. The molecule has 4 atom stereocenters. The summed E-state index contributed by atoms with van der Waals surface area (Å²) in [5, 5.41) is 21.6. The number of hydrogen-bond acceptors (Lipinski definition) is 8. The number of anilines is 1. The number of nitrogens with two attached hydrogens (primary N) is 1. The molecular weight excluding hydrogens is 426 g/mol. The summed E-state index contributed by atoms with van der Waals surface area (Å²) in [6, 6.07) is 0. The van der Waals surface area contributed by atoms with E-state index in [-0.39, 0.29) is 17.5 Å². The first-order valence-electron chi connectivity index (χ1n) is 11.1. The Morgan fingerprint density at radius 2 is 1.97 bits per heavy atom. The molecule has 0 bridgehead atoms. The molecule has 2 aromatic heterocycles. The number of nitrogen functional groups attached to an aromatic ring is 1. The number of imidazole rings is 1. The first-order valence-corrected chi connectivity index (χ1v) is 14.0. The van der Waals surface area contributed by atoms with Crippen LogP contribution in [0.3, 0.4) is 0 Å². The third-order valence-electron chi connectivity index (χ3n) is 6.37. The summed E-state index contributed by atoms with van der Waals surface area (Å²) < 4.78 is 13.9. The average molecular weight is 462 g/mol. The van der Waals surface area contributed by atoms with Gasteiger partial charge in [0.05, 0.1) is 6.61 Å². The lowest BCUT2D eigenvalue weighted by molar-refractivity contribution is -0.0494. The third kappa shape index (κ3) is 4.82. The number of rotatable bonds is 6. The minimum absolute atomic E-state index is 0.0187. The quantitative estimate of drug-likeness (QED) is 0.340. The molecule has 1 fully saturated rings. The second kappa shape index (κ2) is 9.45. The summed E-state index contributed by atoms with van der Waals surface area (Å²) in [5.41, 5.74) is 6.79. The van der Waals surface area contributed by atoms with Crippen molar-refractivity contribution in [3.05, 3.63) is 12.2 Å². The maximum Gasteiger partial charge on any atom is 0.192 e. The van der Waals surface area contributed by atoms with Crippen molar-refractivity contribution in [1.29, 1.82) is 0 Å².